The molecular formula is C16H23N5O2. The fraction of sp³-hybridized carbons (Fsp3) is 0.500. The van der Waals surface area contributed by atoms with E-state index < -0.39 is 0 Å². The van der Waals surface area contributed by atoms with Crippen molar-refractivity contribution in [1.29, 1.82) is 0 Å². The molecule has 0 fully saturated rings. The van der Waals surface area contributed by atoms with E-state index in [4.69, 9.17) is 0 Å². The highest BCUT2D eigenvalue weighted by atomic mass is 16.2. The third-order valence-electron chi connectivity index (χ3n) is 3.75. The minimum Gasteiger partial charge on any atom is -0.350 e. The Balaban J connectivity index is 1.99. The van der Waals surface area contributed by atoms with Crippen LogP contribution in [0.25, 0.3) is 0 Å². The van der Waals surface area contributed by atoms with Crippen LogP contribution in [0.1, 0.15) is 40.8 Å². The molecule has 0 aliphatic rings. The molecule has 2 rings (SSSR count). The zero-order valence-electron chi connectivity index (χ0n) is 14.1. The Hall–Kier alpha value is -2.44. The van der Waals surface area contributed by atoms with Gasteiger partial charge in [0.05, 0.1) is 11.8 Å². The van der Waals surface area contributed by atoms with E-state index in [9.17, 15) is 9.59 Å². The molecule has 0 aliphatic heterocycles. The monoisotopic (exact) mass is 317 g/mol. The summed E-state index contributed by atoms with van der Waals surface area (Å²) < 4.78 is 3.38. The Kier molecular flexibility index (Phi) is 5.31. The number of rotatable bonds is 6. The number of nitrogens with zero attached hydrogens (tertiary/aromatic N) is 4. The summed E-state index contributed by atoms with van der Waals surface area (Å²) >= 11 is 0. The average Bonchev–Trinajstić information content (AvgIpc) is 2.83. The smallest absolute Gasteiger partial charge is 0.348 e. The van der Waals surface area contributed by atoms with Gasteiger partial charge >= 0.3 is 5.69 Å². The van der Waals surface area contributed by atoms with E-state index in [1.165, 1.54) is 0 Å². The summed E-state index contributed by atoms with van der Waals surface area (Å²) in [6.07, 6.45) is 2.55. The van der Waals surface area contributed by atoms with E-state index in [0.29, 0.717) is 24.3 Å². The lowest BCUT2D eigenvalue weighted by Gasteiger charge is -2.10. The minimum atomic E-state index is -0.288. The number of nitrogens with one attached hydrogen (secondary N) is 1. The zero-order chi connectivity index (χ0) is 17.0. The molecule has 0 radical (unpaired) electrons. The highest BCUT2D eigenvalue weighted by Gasteiger charge is 2.13. The van der Waals surface area contributed by atoms with Crippen molar-refractivity contribution in [3.05, 3.63) is 45.4 Å². The predicted molar refractivity (Wildman–Crippen MR) is 87.6 cm³/mol. The van der Waals surface area contributed by atoms with Crippen LogP contribution in [0.2, 0.25) is 0 Å². The van der Waals surface area contributed by atoms with E-state index in [2.05, 4.69) is 22.3 Å². The van der Waals surface area contributed by atoms with Crippen molar-refractivity contribution < 1.29 is 4.79 Å². The van der Waals surface area contributed by atoms with Crippen LogP contribution in [0.4, 0.5) is 0 Å². The summed E-state index contributed by atoms with van der Waals surface area (Å²) in [5, 5.41) is 7.05. The van der Waals surface area contributed by atoms with Crippen LogP contribution in [0, 0.1) is 20.8 Å². The number of carbonyl (C=O) groups excluding carboxylic acids is 1. The van der Waals surface area contributed by atoms with Crippen molar-refractivity contribution >= 4 is 5.91 Å². The summed E-state index contributed by atoms with van der Waals surface area (Å²) in [7, 11) is 0. The quantitative estimate of drug-likeness (QED) is 0.868. The molecule has 0 spiro atoms. The van der Waals surface area contributed by atoms with E-state index in [1.807, 2.05) is 24.6 Å². The summed E-state index contributed by atoms with van der Waals surface area (Å²) in [5.74, 6) is -0.171. The molecule has 0 unspecified atom stereocenters. The zero-order valence-corrected chi connectivity index (χ0v) is 14.1. The van der Waals surface area contributed by atoms with Gasteiger partial charge in [0.25, 0.3) is 5.91 Å². The van der Waals surface area contributed by atoms with Crippen LogP contribution in [0.15, 0.2) is 17.1 Å². The number of carbonyl (C=O) groups is 1. The highest BCUT2D eigenvalue weighted by molar-refractivity contribution is 5.94. The summed E-state index contributed by atoms with van der Waals surface area (Å²) in [6.45, 7) is 9.15. The van der Waals surface area contributed by atoms with Crippen molar-refractivity contribution in [2.75, 3.05) is 6.54 Å². The van der Waals surface area contributed by atoms with Crippen LogP contribution in [-0.2, 0) is 13.1 Å². The van der Waals surface area contributed by atoms with Crippen LogP contribution in [0.3, 0.4) is 0 Å². The summed E-state index contributed by atoms with van der Waals surface area (Å²) in [5.41, 5.74) is 2.68. The van der Waals surface area contributed by atoms with Gasteiger partial charge in [0.1, 0.15) is 0 Å². The van der Waals surface area contributed by atoms with E-state index >= 15 is 0 Å². The Morgan fingerprint density at radius 1 is 1.26 bits per heavy atom. The average molecular weight is 317 g/mol. The molecule has 0 aliphatic carbocycles. The van der Waals surface area contributed by atoms with Gasteiger partial charge in [-0.05, 0) is 33.3 Å². The van der Waals surface area contributed by atoms with Gasteiger partial charge in [-0.25, -0.2) is 4.79 Å². The second kappa shape index (κ2) is 7.21. The van der Waals surface area contributed by atoms with Crippen LogP contribution in [0.5, 0.6) is 0 Å². The first-order chi connectivity index (χ1) is 10.9. The van der Waals surface area contributed by atoms with Gasteiger partial charge in [-0.15, -0.1) is 0 Å². The largest absolute Gasteiger partial charge is 0.350 e. The lowest BCUT2D eigenvalue weighted by Crippen LogP contribution is -2.33. The summed E-state index contributed by atoms with van der Waals surface area (Å²) in [6, 6.07) is 1.85. The maximum absolute atomic E-state index is 12.2. The molecule has 0 saturated heterocycles. The first kappa shape index (κ1) is 16.9. The van der Waals surface area contributed by atoms with Gasteiger partial charge in [0.15, 0.2) is 0 Å². The molecule has 0 saturated carbocycles. The first-order valence-electron chi connectivity index (χ1n) is 7.79. The second-order valence-corrected chi connectivity index (χ2v) is 5.60. The standard InChI is InChI=1S/C16H23N5O2/c1-5-7-21-13(4)14(10-18-21)15(22)17-6-8-20-12(3)9-11(2)19-16(20)23/h9-10H,5-8H2,1-4H3,(H,17,22). The molecule has 7 heteroatoms. The number of hydrogen-bond acceptors (Lipinski definition) is 4. The molecule has 1 amide bonds. The molecule has 0 atom stereocenters. The first-order valence-corrected chi connectivity index (χ1v) is 7.79. The molecule has 1 N–H and O–H groups in total. The fourth-order valence-electron chi connectivity index (χ4n) is 2.53. The van der Waals surface area contributed by atoms with Gasteiger partial charge < -0.3 is 5.32 Å². The molecule has 23 heavy (non-hydrogen) atoms. The SMILES string of the molecule is CCCn1ncc(C(=O)NCCn2c(C)cc(C)nc2=O)c1C. The van der Waals surface area contributed by atoms with E-state index in [0.717, 1.165) is 24.4 Å². The Morgan fingerprint density at radius 3 is 2.65 bits per heavy atom. The Labute approximate surface area is 135 Å². The molecule has 7 nitrogen and oxygen atoms in total. The molecule has 2 aromatic rings. The number of aromatic nitrogens is 4. The third-order valence-corrected chi connectivity index (χ3v) is 3.75. The van der Waals surface area contributed by atoms with E-state index in [-0.39, 0.29) is 11.6 Å². The predicted octanol–water partition coefficient (Wildman–Crippen LogP) is 1.21. The number of hydrogen-bond donors (Lipinski definition) is 1. The van der Waals surface area contributed by atoms with Crippen molar-refractivity contribution in [2.24, 2.45) is 0 Å². The molecule has 2 aromatic heterocycles. The second-order valence-electron chi connectivity index (χ2n) is 5.60. The highest BCUT2D eigenvalue weighted by Crippen LogP contribution is 2.07. The third kappa shape index (κ3) is 3.85. The molecule has 0 bridgehead atoms. The van der Waals surface area contributed by atoms with Gasteiger partial charge in [-0.3, -0.25) is 14.0 Å². The lowest BCUT2D eigenvalue weighted by atomic mass is 10.2. The van der Waals surface area contributed by atoms with Crippen molar-refractivity contribution in [3.63, 3.8) is 0 Å². The van der Waals surface area contributed by atoms with Crippen molar-refractivity contribution in [1.82, 2.24) is 24.6 Å². The van der Waals surface area contributed by atoms with Crippen LogP contribution >= 0.6 is 0 Å². The van der Waals surface area contributed by atoms with Crippen LogP contribution < -0.4 is 11.0 Å². The van der Waals surface area contributed by atoms with E-state index in [1.54, 1.807) is 17.7 Å². The molecule has 124 valence electrons. The van der Waals surface area contributed by atoms with Crippen molar-refractivity contribution in [3.8, 4) is 0 Å². The maximum atomic E-state index is 12.2. The topological polar surface area (TPSA) is 81.8 Å². The van der Waals surface area contributed by atoms with Crippen LogP contribution in [-0.4, -0.2) is 31.8 Å². The maximum Gasteiger partial charge on any atom is 0.348 e. The van der Waals surface area contributed by atoms with Gasteiger partial charge in [-0.1, -0.05) is 6.92 Å². The van der Waals surface area contributed by atoms with Gasteiger partial charge in [0.2, 0.25) is 0 Å². The Morgan fingerprint density at radius 2 is 2.00 bits per heavy atom. The lowest BCUT2D eigenvalue weighted by molar-refractivity contribution is 0.0951. The molecular weight excluding hydrogens is 294 g/mol. The van der Waals surface area contributed by atoms with Crippen molar-refractivity contribution in [2.45, 2.75) is 47.2 Å². The fourth-order valence-corrected chi connectivity index (χ4v) is 2.53. The molecule has 2 heterocycles. The normalized spacial score (nSPS) is 10.8. The number of amides is 1. The summed E-state index contributed by atoms with van der Waals surface area (Å²) in [4.78, 5) is 28.0. The van der Waals surface area contributed by atoms with Gasteiger partial charge in [0, 0.05) is 36.7 Å². The molecule has 0 aromatic carbocycles. The minimum absolute atomic E-state index is 0.171. The van der Waals surface area contributed by atoms with Gasteiger partial charge in [-0.2, -0.15) is 10.1 Å². The Bertz CT molecular complexity index is 760. The number of aryl methyl sites for hydroxylation is 3.